The van der Waals surface area contributed by atoms with Gasteiger partial charge in [0.2, 0.25) is 0 Å². The fourth-order valence-corrected chi connectivity index (χ4v) is 4.34. The molecule has 0 saturated heterocycles. The molecule has 0 fully saturated rings. The van der Waals surface area contributed by atoms with Crippen LogP contribution in [0.1, 0.15) is 73.6 Å². The quantitative estimate of drug-likeness (QED) is 0.582. The van der Waals surface area contributed by atoms with Crippen LogP contribution in [0.3, 0.4) is 0 Å². The molecule has 132 valence electrons. The molecule has 0 aromatic carbocycles. The number of rotatable bonds is 10. The van der Waals surface area contributed by atoms with Crippen molar-refractivity contribution in [1.82, 2.24) is 0 Å². The monoisotopic (exact) mass is 360 g/mol. The van der Waals surface area contributed by atoms with Crippen LogP contribution in [0.25, 0.3) is 0 Å². The Morgan fingerprint density at radius 3 is 1.52 bits per heavy atom. The lowest BCUT2D eigenvalue weighted by atomic mass is 10.1. The summed E-state index contributed by atoms with van der Waals surface area (Å²) in [5.41, 5.74) is 0. The maximum absolute atomic E-state index is 12.0. The molecule has 0 N–H and O–H groups in total. The van der Waals surface area contributed by atoms with E-state index in [-0.39, 0.29) is 34.6 Å². The second-order valence-corrected chi connectivity index (χ2v) is 10.4. The van der Waals surface area contributed by atoms with Crippen LogP contribution in [0.2, 0.25) is 0 Å². The zero-order valence-corrected chi connectivity index (χ0v) is 16.6. The van der Waals surface area contributed by atoms with Crippen LogP contribution in [-0.4, -0.2) is 31.3 Å². The summed E-state index contributed by atoms with van der Waals surface area (Å²) in [6, 6.07) is 0. The molecule has 0 aliphatic carbocycles. The fraction of sp³-hybridized carbons (Fsp3) is 0.765. The molecule has 0 aliphatic heterocycles. The molecule has 0 saturated carbocycles. The van der Waals surface area contributed by atoms with Gasteiger partial charge in [-0.15, -0.1) is 0 Å². The van der Waals surface area contributed by atoms with Crippen LogP contribution >= 0.6 is 23.5 Å². The predicted molar refractivity (Wildman–Crippen MR) is 97.8 cm³/mol. The molecular formula is C17H28O4S2. The summed E-state index contributed by atoms with van der Waals surface area (Å²) in [6.07, 6.45) is 1.48. The summed E-state index contributed by atoms with van der Waals surface area (Å²) in [7, 11) is 0. The Balaban J connectivity index is 4.30. The molecule has 0 aliphatic rings. The van der Waals surface area contributed by atoms with Gasteiger partial charge in [-0.1, -0.05) is 30.4 Å². The van der Waals surface area contributed by atoms with Gasteiger partial charge in [-0.05, 0) is 34.6 Å². The first-order valence-electron chi connectivity index (χ1n) is 7.81. The maximum atomic E-state index is 12.0. The zero-order valence-electron chi connectivity index (χ0n) is 15.0. The van der Waals surface area contributed by atoms with E-state index in [2.05, 4.69) is 0 Å². The molecule has 0 aromatic heterocycles. The van der Waals surface area contributed by atoms with E-state index < -0.39 is 9.49 Å². The summed E-state index contributed by atoms with van der Waals surface area (Å²) in [4.78, 5) is 46.7. The molecule has 23 heavy (non-hydrogen) atoms. The van der Waals surface area contributed by atoms with Gasteiger partial charge in [-0.25, -0.2) is 0 Å². The lowest BCUT2D eigenvalue weighted by molar-refractivity contribution is -0.119. The highest BCUT2D eigenvalue weighted by atomic mass is 32.2. The summed E-state index contributed by atoms with van der Waals surface area (Å²) in [5.74, 6) is 0.178. The van der Waals surface area contributed by atoms with Gasteiger partial charge in [0.05, 0.1) is 0 Å². The van der Waals surface area contributed by atoms with E-state index in [1.54, 1.807) is 0 Å². The van der Waals surface area contributed by atoms with Crippen LogP contribution in [0.15, 0.2) is 0 Å². The van der Waals surface area contributed by atoms with Gasteiger partial charge in [0.1, 0.15) is 11.6 Å². The average Bonchev–Trinajstić information content (AvgIpc) is 2.32. The summed E-state index contributed by atoms with van der Waals surface area (Å²) < 4.78 is -0.875. The van der Waals surface area contributed by atoms with Crippen molar-refractivity contribution < 1.29 is 19.2 Å². The standard InChI is InChI=1S/C17H28O4S2/c1-7-13(19)11-17(5,6)23-15(21)9-8-14(20)22-16(3,4)10-12(2)18/h7-11H2,1-6H3. The maximum Gasteiger partial charge on any atom is 0.189 e. The number of carbonyl (C=O) groups is 4. The number of hydrogen-bond donors (Lipinski definition) is 0. The van der Waals surface area contributed by atoms with Crippen molar-refractivity contribution >= 4 is 45.3 Å². The molecule has 0 bridgehead atoms. The Morgan fingerprint density at radius 2 is 1.17 bits per heavy atom. The fourth-order valence-electron chi connectivity index (χ4n) is 2.19. The zero-order chi connectivity index (χ0) is 18.3. The molecule has 0 unspecified atom stereocenters. The number of hydrogen-bond acceptors (Lipinski definition) is 6. The second kappa shape index (κ2) is 9.62. The van der Waals surface area contributed by atoms with Gasteiger partial charge in [-0.3, -0.25) is 19.2 Å². The number of ketones is 2. The molecule has 6 heteroatoms. The van der Waals surface area contributed by atoms with E-state index in [0.717, 1.165) is 23.5 Å². The van der Waals surface area contributed by atoms with Gasteiger partial charge in [0.25, 0.3) is 0 Å². The third-order valence-corrected chi connectivity index (χ3v) is 5.26. The van der Waals surface area contributed by atoms with Crippen molar-refractivity contribution in [3.8, 4) is 0 Å². The lowest BCUT2D eigenvalue weighted by Gasteiger charge is -2.22. The minimum atomic E-state index is -0.439. The Hall–Kier alpha value is -0.620. The van der Waals surface area contributed by atoms with Crippen LogP contribution in [-0.2, 0) is 19.2 Å². The normalized spacial score (nSPS) is 12.1. The van der Waals surface area contributed by atoms with Gasteiger partial charge < -0.3 is 0 Å². The third kappa shape index (κ3) is 11.5. The van der Waals surface area contributed by atoms with Crippen LogP contribution < -0.4 is 0 Å². The van der Waals surface area contributed by atoms with E-state index in [0.29, 0.717) is 19.3 Å². The largest absolute Gasteiger partial charge is 0.300 e. The van der Waals surface area contributed by atoms with Crippen molar-refractivity contribution in [1.29, 1.82) is 0 Å². The van der Waals surface area contributed by atoms with E-state index in [1.807, 2.05) is 34.6 Å². The van der Waals surface area contributed by atoms with Gasteiger partial charge in [0, 0.05) is 41.6 Å². The summed E-state index contributed by atoms with van der Waals surface area (Å²) in [5, 5.41) is -0.148. The molecule has 0 rings (SSSR count). The van der Waals surface area contributed by atoms with Crippen LogP contribution in [0.4, 0.5) is 0 Å². The Labute approximate surface area is 147 Å². The van der Waals surface area contributed by atoms with Crippen molar-refractivity contribution in [2.75, 3.05) is 0 Å². The summed E-state index contributed by atoms with van der Waals surface area (Å²) >= 11 is 2.27. The highest BCUT2D eigenvalue weighted by Crippen LogP contribution is 2.33. The smallest absolute Gasteiger partial charge is 0.189 e. The predicted octanol–water partition coefficient (Wildman–Crippen LogP) is 4.19. The first-order valence-corrected chi connectivity index (χ1v) is 9.45. The van der Waals surface area contributed by atoms with Crippen molar-refractivity contribution in [2.24, 2.45) is 0 Å². The van der Waals surface area contributed by atoms with Crippen LogP contribution in [0.5, 0.6) is 0 Å². The van der Waals surface area contributed by atoms with Gasteiger partial charge >= 0.3 is 0 Å². The first-order chi connectivity index (χ1) is 10.4. The molecule has 0 heterocycles. The van der Waals surface area contributed by atoms with Crippen molar-refractivity contribution in [3.63, 3.8) is 0 Å². The van der Waals surface area contributed by atoms with Gasteiger partial charge in [0.15, 0.2) is 10.2 Å². The van der Waals surface area contributed by atoms with Crippen LogP contribution in [0, 0.1) is 0 Å². The summed E-state index contributed by atoms with van der Waals surface area (Å²) in [6.45, 7) is 10.8. The number of carbonyl (C=O) groups excluding carboxylic acids is 4. The highest BCUT2D eigenvalue weighted by molar-refractivity contribution is 8.15. The highest BCUT2D eigenvalue weighted by Gasteiger charge is 2.27. The molecule has 0 radical (unpaired) electrons. The lowest BCUT2D eigenvalue weighted by Crippen LogP contribution is -2.23. The Bertz CT molecular complexity index is 467. The topological polar surface area (TPSA) is 68.3 Å². The average molecular weight is 361 g/mol. The molecule has 0 spiro atoms. The Morgan fingerprint density at radius 1 is 0.783 bits per heavy atom. The molecule has 0 atom stereocenters. The number of Topliss-reactive ketones (excluding diaryl/α,β-unsaturated/α-hetero) is 2. The van der Waals surface area contributed by atoms with Gasteiger partial charge in [-0.2, -0.15) is 0 Å². The number of thioether (sulfide) groups is 2. The second-order valence-electron chi connectivity index (χ2n) is 6.92. The SMILES string of the molecule is CCC(=O)CC(C)(C)SC(=O)CCC(=O)SC(C)(C)CC(C)=O. The molecule has 4 nitrogen and oxygen atoms in total. The van der Waals surface area contributed by atoms with E-state index in [1.165, 1.54) is 6.92 Å². The van der Waals surface area contributed by atoms with Crippen molar-refractivity contribution in [3.05, 3.63) is 0 Å². The van der Waals surface area contributed by atoms with E-state index in [4.69, 9.17) is 0 Å². The minimum Gasteiger partial charge on any atom is -0.300 e. The molecule has 0 amide bonds. The van der Waals surface area contributed by atoms with E-state index in [9.17, 15) is 19.2 Å². The minimum absolute atomic E-state index is 0.0456. The molecular weight excluding hydrogens is 332 g/mol. The Kier molecular flexibility index (Phi) is 9.36. The van der Waals surface area contributed by atoms with Crippen molar-refractivity contribution in [2.45, 2.75) is 83.1 Å². The van der Waals surface area contributed by atoms with E-state index >= 15 is 0 Å². The third-order valence-electron chi connectivity index (χ3n) is 3.01. The molecule has 0 aromatic rings. The first kappa shape index (κ1) is 22.4.